The second-order valence-corrected chi connectivity index (χ2v) is 5.84. The summed E-state index contributed by atoms with van der Waals surface area (Å²) < 4.78 is 16.8. The summed E-state index contributed by atoms with van der Waals surface area (Å²) in [5, 5.41) is -0.0453. The van der Waals surface area contributed by atoms with Crippen molar-refractivity contribution in [3.8, 4) is 11.5 Å². The lowest BCUT2D eigenvalue weighted by Crippen LogP contribution is -2.39. The fourth-order valence-electron chi connectivity index (χ4n) is 2.76. The highest BCUT2D eigenvalue weighted by Crippen LogP contribution is 2.45. The van der Waals surface area contributed by atoms with E-state index in [4.69, 9.17) is 25.8 Å². The van der Waals surface area contributed by atoms with Gasteiger partial charge < -0.3 is 14.2 Å². The predicted octanol–water partition coefficient (Wildman–Crippen LogP) is 3.70. The number of rotatable bonds is 4. The van der Waals surface area contributed by atoms with Crippen molar-refractivity contribution in [3.05, 3.63) is 23.8 Å². The van der Waals surface area contributed by atoms with Crippen molar-refractivity contribution in [2.24, 2.45) is 0 Å². The molecule has 1 aromatic carbocycles. The predicted molar refractivity (Wildman–Crippen MR) is 74.2 cm³/mol. The molecule has 1 fully saturated rings. The standard InChI is InChI=1S/C15H19ClO3/c1-17-15(5-2-6-15)10-12(16)11-3-4-13-14(9-11)19-8-7-18-13/h3-4,9,12H,2,5-8,10H2,1H3. The van der Waals surface area contributed by atoms with E-state index in [2.05, 4.69) is 0 Å². The van der Waals surface area contributed by atoms with Gasteiger partial charge in [-0.25, -0.2) is 0 Å². The van der Waals surface area contributed by atoms with Crippen molar-refractivity contribution >= 4 is 11.6 Å². The molecule has 1 saturated carbocycles. The van der Waals surface area contributed by atoms with Gasteiger partial charge in [-0.05, 0) is 43.4 Å². The molecule has 0 N–H and O–H groups in total. The van der Waals surface area contributed by atoms with E-state index >= 15 is 0 Å². The van der Waals surface area contributed by atoms with Crippen molar-refractivity contribution in [1.29, 1.82) is 0 Å². The van der Waals surface area contributed by atoms with Crippen LogP contribution >= 0.6 is 11.6 Å². The molecule has 0 amide bonds. The third-order valence-corrected chi connectivity index (χ3v) is 4.58. The Bertz CT molecular complexity index is 451. The van der Waals surface area contributed by atoms with E-state index in [1.54, 1.807) is 7.11 Å². The van der Waals surface area contributed by atoms with E-state index in [9.17, 15) is 0 Å². The van der Waals surface area contributed by atoms with Gasteiger partial charge in [0.1, 0.15) is 13.2 Å². The first-order valence-corrected chi connectivity index (χ1v) is 7.25. The van der Waals surface area contributed by atoms with Crippen LogP contribution < -0.4 is 9.47 Å². The number of fused-ring (bicyclic) bond motifs is 1. The first-order chi connectivity index (χ1) is 9.22. The van der Waals surface area contributed by atoms with Gasteiger partial charge in [0.2, 0.25) is 0 Å². The lowest BCUT2D eigenvalue weighted by molar-refractivity contribution is -0.0780. The van der Waals surface area contributed by atoms with Crippen LogP contribution in [0.1, 0.15) is 36.6 Å². The number of hydrogen-bond acceptors (Lipinski definition) is 3. The molecule has 0 radical (unpaired) electrons. The second kappa shape index (κ2) is 5.22. The van der Waals surface area contributed by atoms with Crippen LogP contribution in [-0.4, -0.2) is 25.9 Å². The summed E-state index contributed by atoms with van der Waals surface area (Å²) >= 11 is 6.55. The molecule has 19 heavy (non-hydrogen) atoms. The van der Waals surface area contributed by atoms with E-state index in [0.29, 0.717) is 13.2 Å². The van der Waals surface area contributed by atoms with E-state index < -0.39 is 0 Å². The summed E-state index contributed by atoms with van der Waals surface area (Å²) in [7, 11) is 1.78. The zero-order valence-electron chi connectivity index (χ0n) is 11.2. The number of methoxy groups -OCH3 is 1. The average Bonchev–Trinajstić information content (AvgIpc) is 2.42. The van der Waals surface area contributed by atoms with E-state index in [1.165, 1.54) is 6.42 Å². The van der Waals surface area contributed by atoms with Crippen LogP contribution in [0, 0.1) is 0 Å². The highest BCUT2D eigenvalue weighted by molar-refractivity contribution is 6.20. The molecule has 104 valence electrons. The number of ether oxygens (including phenoxy) is 3. The molecular weight excluding hydrogens is 264 g/mol. The summed E-state index contributed by atoms with van der Waals surface area (Å²) in [6.07, 6.45) is 4.30. The fourth-order valence-corrected chi connectivity index (χ4v) is 3.18. The van der Waals surface area contributed by atoms with Crippen LogP contribution in [0.3, 0.4) is 0 Å². The Morgan fingerprint density at radius 3 is 2.63 bits per heavy atom. The zero-order valence-corrected chi connectivity index (χ0v) is 11.9. The summed E-state index contributed by atoms with van der Waals surface area (Å²) in [6, 6.07) is 5.96. The zero-order chi connectivity index (χ0) is 13.3. The molecule has 4 heteroatoms. The summed E-state index contributed by atoms with van der Waals surface area (Å²) in [5.41, 5.74) is 1.06. The van der Waals surface area contributed by atoms with Crippen LogP contribution in [0.5, 0.6) is 11.5 Å². The smallest absolute Gasteiger partial charge is 0.161 e. The van der Waals surface area contributed by atoms with Gasteiger partial charge in [0.25, 0.3) is 0 Å². The molecule has 1 aliphatic heterocycles. The summed E-state index contributed by atoms with van der Waals surface area (Å²) in [6.45, 7) is 1.22. The second-order valence-electron chi connectivity index (χ2n) is 5.32. The lowest BCUT2D eigenvalue weighted by atomic mass is 9.76. The van der Waals surface area contributed by atoms with Gasteiger partial charge in [0.05, 0.1) is 11.0 Å². The van der Waals surface area contributed by atoms with E-state index in [-0.39, 0.29) is 11.0 Å². The first kappa shape index (κ1) is 13.1. The van der Waals surface area contributed by atoms with Crippen LogP contribution in [0.4, 0.5) is 0 Å². The quantitative estimate of drug-likeness (QED) is 0.788. The van der Waals surface area contributed by atoms with Crippen LogP contribution in [-0.2, 0) is 4.74 Å². The molecule has 0 spiro atoms. The minimum Gasteiger partial charge on any atom is -0.486 e. The van der Waals surface area contributed by atoms with Crippen LogP contribution in [0.25, 0.3) is 0 Å². The van der Waals surface area contributed by atoms with Crippen LogP contribution in [0.2, 0.25) is 0 Å². The minimum atomic E-state index is -0.0453. The molecule has 0 aromatic heterocycles. The monoisotopic (exact) mass is 282 g/mol. The Morgan fingerprint density at radius 1 is 1.26 bits per heavy atom. The van der Waals surface area contributed by atoms with Gasteiger partial charge in [-0.15, -0.1) is 11.6 Å². The molecule has 1 unspecified atom stereocenters. The summed E-state index contributed by atoms with van der Waals surface area (Å²) in [5.74, 6) is 1.61. The Kier molecular flexibility index (Phi) is 3.59. The van der Waals surface area contributed by atoms with Gasteiger partial charge >= 0.3 is 0 Å². The Balaban J connectivity index is 1.74. The molecule has 1 atom stereocenters. The molecule has 1 aromatic rings. The maximum absolute atomic E-state index is 6.55. The van der Waals surface area contributed by atoms with E-state index in [0.717, 1.165) is 36.3 Å². The summed E-state index contributed by atoms with van der Waals surface area (Å²) in [4.78, 5) is 0. The Labute approximate surface area is 118 Å². The molecule has 1 heterocycles. The van der Waals surface area contributed by atoms with Crippen molar-refractivity contribution in [3.63, 3.8) is 0 Å². The van der Waals surface area contributed by atoms with Gasteiger partial charge in [-0.2, -0.15) is 0 Å². The molecule has 3 nitrogen and oxygen atoms in total. The largest absolute Gasteiger partial charge is 0.486 e. The molecule has 0 saturated heterocycles. The van der Waals surface area contributed by atoms with E-state index in [1.807, 2.05) is 18.2 Å². The topological polar surface area (TPSA) is 27.7 Å². The van der Waals surface area contributed by atoms with Gasteiger partial charge in [-0.1, -0.05) is 6.07 Å². The average molecular weight is 283 g/mol. The third kappa shape index (κ3) is 2.54. The number of alkyl halides is 1. The molecule has 0 bridgehead atoms. The third-order valence-electron chi connectivity index (χ3n) is 4.18. The number of halogens is 1. The Morgan fingerprint density at radius 2 is 2.00 bits per heavy atom. The molecule has 1 aliphatic carbocycles. The molecule has 2 aliphatic rings. The maximum Gasteiger partial charge on any atom is 0.161 e. The SMILES string of the molecule is COC1(CC(Cl)c2ccc3c(c2)OCCO3)CCC1. The first-order valence-electron chi connectivity index (χ1n) is 6.81. The normalized spacial score (nSPS) is 21.6. The van der Waals surface area contributed by atoms with Crippen molar-refractivity contribution in [2.75, 3.05) is 20.3 Å². The van der Waals surface area contributed by atoms with Gasteiger partial charge in [0.15, 0.2) is 11.5 Å². The fraction of sp³-hybridized carbons (Fsp3) is 0.600. The van der Waals surface area contributed by atoms with Gasteiger partial charge in [0, 0.05) is 7.11 Å². The Hall–Kier alpha value is -0.930. The van der Waals surface area contributed by atoms with Crippen molar-refractivity contribution in [1.82, 2.24) is 0 Å². The lowest BCUT2D eigenvalue weighted by Gasteiger charge is -2.41. The van der Waals surface area contributed by atoms with Crippen molar-refractivity contribution in [2.45, 2.75) is 36.7 Å². The number of hydrogen-bond donors (Lipinski definition) is 0. The minimum absolute atomic E-state index is 0.0142. The van der Waals surface area contributed by atoms with Crippen molar-refractivity contribution < 1.29 is 14.2 Å². The highest BCUT2D eigenvalue weighted by Gasteiger charge is 2.39. The van der Waals surface area contributed by atoms with Crippen LogP contribution in [0.15, 0.2) is 18.2 Å². The maximum atomic E-state index is 6.55. The molecular formula is C15H19ClO3. The highest BCUT2D eigenvalue weighted by atomic mass is 35.5. The van der Waals surface area contributed by atoms with Gasteiger partial charge in [-0.3, -0.25) is 0 Å². The molecule has 3 rings (SSSR count). The number of benzene rings is 1.